The topological polar surface area (TPSA) is 24.4 Å². The monoisotopic (exact) mass is 186 g/mol. The van der Waals surface area contributed by atoms with Crippen molar-refractivity contribution in [1.82, 2.24) is 5.32 Å². The first-order valence-corrected chi connectivity index (χ1v) is 5.58. The van der Waals surface area contributed by atoms with Crippen LogP contribution in [0.1, 0.15) is 33.6 Å². The van der Waals surface area contributed by atoms with E-state index in [-0.39, 0.29) is 5.54 Å². The molecule has 0 amide bonds. The van der Waals surface area contributed by atoms with Gasteiger partial charge in [-0.05, 0) is 26.7 Å². The quantitative estimate of drug-likeness (QED) is 0.715. The standard InChI is InChI=1S/C9H18N2S/c1-4-9(2,3)11-8-10-6-5-7-12-8/h4-7H2,1-3H3,(H,10,11). The lowest BCUT2D eigenvalue weighted by molar-refractivity contribution is 0.447. The molecule has 0 fully saturated rings. The second kappa shape index (κ2) is 4.17. The molecule has 3 heteroatoms. The molecule has 1 aliphatic rings. The van der Waals surface area contributed by atoms with Crippen LogP contribution in [0.15, 0.2) is 4.99 Å². The average molecular weight is 186 g/mol. The largest absolute Gasteiger partial charge is 0.360 e. The fraction of sp³-hybridized carbons (Fsp3) is 0.889. The van der Waals surface area contributed by atoms with E-state index in [9.17, 15) is 0 Å². The molecule has 1 N–H and O–H groups in total. The highest BCUT2D eigenvalue weighted by Crippen LogP contribution is 2.15. The minimum atomic E-state index is 0.198. The van der Waals surface area contributed by atoms with E-state index < -0.39 is 0 Å². The van der Waals surface area contributed by atoms with E-state index in [4.69, 9.17) is 0 Å². The minimum Gasteiger partial charge on any atom is -0.360 e. The van der Waals surface area contributed by atoms with Gasteiger partial charge in [0.1, 0.15) is 0 Å². The van der Waals surface area contributed by atoms with Crippen molar-refractivity contribution in [2.24, 2.45) is 4.99 Å². The number of nitrogens with zero attached hydrogens (tertiary/aromatic N) is 1. The lowest BCUT2D eigenvalue weighted by atomic mass is 10.0. The van der Waals surface area contributed by atoms with Gasteiger partial charge in [0.05, 0.1) is 0 Å². The summed E-state index contributed by atoms with van der Waals surface area (Å²) in [5.41, 5.74) is 0.198. The Morgan fingerprint density at radius 2 is 2.33 bits per heavy atom. The molecule has 0 radical (unpaired) electrons. The molecule has 0 saturated carbocycles. The van der Waals surface area contributed by atoms with Crippen molar-refractivity contribution in [3.05, 3.63) is 0 Å². The first-order chi connectivity index (χ1) is 5.64. The Morgan fingerprint density at radius 3 is 2.83 bits per heavy atom. The van der Waals surface area contributed by atoms with Crippen LogP contribution in [0.2, 0.25) is 0 Å². The summed E-state index contributed by atoms with van der Waals surface area (Å²) in [4.78, 5) is 4.43. The number of amidine groups is 1. The van der Waals surface area contributed by atoms with E-state index in [1.165, 1.54) is 12.2 Å². The van der Waals surface area contributed by atoms with Gasteiger partial charge < -0.3 is 5.32 Å². The SMILES string of the molecule is CCC(C)(C)NC1=NCCCS1. The third kappa shape index (κ3) is 3.05. The van der Waals surface area contributed by atoms with Crippen LogP contribution >= 0.6 is 11.8 Å². The predicted molar refractivity (Wildman–Crippen MR) is 56.9 cm³/mol. The molecule has 0 aromatic rings. The van der Waals surface area contributed by atoms with Crippen LogP contribution in [-0.4, -0.2) is 23.0 Å². The Labute approximate surface area is 79.2 Å². The zero-order valence-electron chi connectivity index (χ0n) is 8.18. The minimum absolute atomic E-state index is 0.198. The smallest absolute Gasteiger partial charge is 0.156 e. The normalized spacial score (nSPS) is 18.8. The van der Waals surface area contributed by atoms with Gasteiger partial charge in [0.15, 0.2) is 5.17 Å². The second-order valence-corrected chi connectivity index (χ2v) is 4.83. The summed E-state index contributed by atoms with van der Waals surface area (Å²) in [5, 5.41) is 4.59. The van der Waals surface area contributed by atoms with Crippen molar-refractivity contribution >= 4 is 16.9 Å². The van der Waals surface area contributed by atoms with Crippen LogP contribution in [0.25, 0.3) is 0 Å². The summed E-state index contributed by atoms with van der Waals surface area (Å²) >= 11 is 1.84. The Morgan fingerprint density at radius 1 is 1.58 bits per heavy atom. The maximum absolute atomic E-state index is 4.43. The third-order valence-corrected chi connectivity index (χ3v) is 3.12. The van der Waals surface area contributed by atoms with E-state index in [0.717, 1.165) is 18.1 Å². The van der Waals surface area contributed by atoms with Crippen molar-refractivity contribution in [3.63, 3.8) is 0 Å². The van der Waals surface area contributed by atoms with Crippen LogP contribution < -0.4 is 5.32 Å². The number of aliphatic imine (C=N–C) groups is 1. The number of rotatable bonds is 2. The van der Waals surface area contributed by atoms with Gasteiger partial charge in [0.25, 0.3) is 0 Å². The number of hydrogen-bond donors (Lipinski definition) is 1. The third-order valence-electron chi connectivity index (χ3n) is 2.13. The fourth-order valence-electron chi connectivity index (χ4n) is 0.913. The molecule has 2 nitrogen and oxygen atoms in total. The molecule has 0 aromatic heterocycles. The summed E-state index contributed by atoms with van der Waals surface area (Å²) in [7, 11) is 0. The Hall–Kier alpha value is -0.180. The summed E-state index contributed by atoms with van der Waals surface area (Å²) in [6.07, 6.45) is 2.36. The van der Waals surface area contributed by atoms with Crippen molar-refractivity contribution in [2.75, 3.05) is 12.3 Å². The average Bonchev–Trinajstić information content (AvgIpc) is 2.06. The zero-order valence-corrected chi connectivity index (χ0v) is 9.00. The van der Waals surface area contributed by atoms with Gasteiger partial charge in [-0.25, -0.2) is 0 Å². The van der Waals surface area contributed by atoms with E-state index in [0.29, 0.717) is 0 Å². The van der Waals surface area contributed by atoms with E-state index in [1.54, 1.807) is 0 Å². The van der Waals surface area contributed by atoms with E-state index >= 15 is 0 Å². The Kier molecular flexibility index (Phi) is 3.44. The van der Waals surface area contributed by atoms with Gasteiger partial charge >= 0.3 is 0 Å². The van der Waals surface area contributed by atoms with Crippen molar-refractivity contribution in [1.29, 1.82) is 0 Å². The molecule has 0 aromatic carbocycles. The van der Waals surface area contributed by atoms with Crippen LogP contribution in [0.3, 0.4) is 0 Å². The van der Waals surface area contributed by atoms with Gasteiger partial charge in [-0.3, -0.25) is 4.99 Å². The van der Waals surface area contributed by atoms with Gasteiger partial charge in [0, 0.05) is 17.8 Å². The maximum Gasteiger partial charge on any atom is 0.156 e. The molecule has 0 unspecified atom stereocenters. The van der Waals surface area contributed by atoms with Gasteiger partial charge in [0.2, 0.25) is 0 Å². The van der Waals surface area contributed by atoms with Crippen molar-refractivity contribution < 1.29 is 0 Å². The molecule has 0 saturated heterocycles. The first-order valence-electron chi connectivity index (χ1n) is 4.59. The highest BCUT2D eigenvalue weighted by atomic mass is 32.2. The van der Waals surface area contributed by atoms with Crippen LogP contribution in [0.5, 0.6) is 0 Å². The van der Waals surface area contributed by atoms with Crippen molar-refractivity contribution in [3.8, 4) is 0 Å². The van der Waals surface area contributed by atoms with Gasteiger partial charge in [-0.2, -0.15) is 0 Å². The number of hydrogen-bond acceptors (Lipinski definition) is 3. The highest BCUT2D eigenvalue weighted by Gasteiger charge is 2.17. The van der Waals surface area contributed by atoms with Crippen LogP contribution in [0, 0.1) is 0 Å². The zero-order chi connectivity index (χ0) is 9.03. The Balaban J connectivity index is 2.44. The Bertz CT molecular complexity index is 175. The van der Waals surface area contributed by atoms with Gasteiger partial charge in [-0.1, -0.05) is 18.7 Å². The molecule has 1 rings (SSSR count). The number of nitrogens with one attached hydrogen (secondary N) is 1. The molecule has 70 valence electrons. The molecular formula is C9H18N2S. The highest BCUT2D eigenvalue weighted by molar-refractivity contribution is 8.13. The fourth-order valence-corrected chi connectivity index (χ4v) is 1.91. The predicted octanol–water partition coefficient (Wildman–Crippen LogP) is 2.26. The number of thioether (sulfide) groups is 1. The maximum atomic E-state index is 4.43. The van der Waals surface area contributed by atoms with E-state index in [1.807, 2.05) is 11.8 Å². The van der Waals surface area contributed by atoms with E-state index in [2.05, 4.69) is 31.1 Å². The second-order valence-electron chi connectivity index (χ2n) is 3.75. The molecular weight excluding hydrogens is 168 g/mol. The summed E-state index contributed by atoms with van der Waals surface area (Å²) in [6.45, 7) is 7.62. The lowest BCUT2D eigenvalue weighted by Crippen LogP contribution is -2.42. The summed E-state index contributed by atoms with van der Waals surface area (Å²) in [6, 6.07) is 0. The molecule has 0 atom stereocenters. The molecule has 12 heavy (non-hydrogen) atoms. The first kappa shape index (κ1) is 9.90. The molecule has 1 heterocycles. The van der Waals surface area contributed by atoms with Crippen molar-refractivity contribution in [2.45, 2.75) is 39.2 Å². The molecule has 0 bridgehead atoms. The van der Waals surface area contributed by atoms with Gasteiger partial charge in [-0.15, -0.1) is 0 Å². The summed E-state index contributed by atoms with van der Waals surface area (Å²) in [5.74, 6) is 1.21. The molecule has 0 spiro atoms. The lowest BCUT2D eigenvalue weighted by Gasteiger charge is -2.27. The van der Waals surface area contributed by atoms with Crippen LogP contribution in [-0.2, 0) is 0 Å². The molecule has 0 aliphatic carbocycles. The molecule has 1 aliphatic heterocycles. The summed E-state index contributed by atoms with van der Waals surface area (Å²) < 4.78 is 0. The van der Waals surface area contributed by atoms with Crippen LogP contribution in [0.4, 0.5) is 0 Å².